The summed E-state index contributed by atoms with van der Waals surface area (Å²) in [4.78, 5) is 27.7. The molecule has 21 heavy (non-hydrogen) atoms. The van der Waals surface area contributed by atoms with Gasteiger partial charge in [0, 0.05) is 25.9 Å². The lowest BCUT2D eigenvalue weighted by atomic mass is 10.2. The summed E-state index contributed by atoms with van der Waals surface area (Å²) in [6.45, 7) is 6.77. The Morgan fingerprint density at radius 2 is 1.86 bits per heavy atom. The number of carbonyl (C=O) groups is 2. The van der Waals surface area contributed by atoms with E-state index in [-0.39, 0.29) is 24.3 Å². The fourth-order valence-corrected chi connectivity index (χ4v) is 1.50. The van der Waals surface area contributed by atoms with Gasteiger partial charge in [-0.25, -0.2) is 0 Å². The Morgan fingerprint density at radius 1 is 1.19 bits per heavy atom. The van der Waals surface area contributed by atoms with E-state index in [2.05, 4.69) is 16.1 Å². The first-order valence-corrected chi connectivity index (χ1v) is 7.27. The van der Waals surface area contributed by atoms with E-state index in [0.29, 0.717) is 39.0 Å². The van der Waals surface area contributed by atoms with E-state index < -0.39 is 0 Å². The molecule has 2 atom stereocenters. The van der Waals surface area contributed by atoms with Crippen LogP contribution < -0.4 is 21.8 Å². The maximum Gasteiger partial charge on any atom is 0.221 e. The molecule has 0 aromatic heterocycles. The van der Waals surface area contributed by atoms with Crippen LogP contribution >= 0.6 is 0 Å². The molecule has 5 N–H and O–H groups in total. The maximum absolute atomic E-state index is 11.6. The number of rotatable bonds is 12. The molecular formula is C13H28N4O4. The summed E-state index contributed by atoms with van der Waals surface area (Å²) in [5, 5.41) is 5.38. The summed E-state index contributed by atoms with van der Waals surface area (Å²) < 4.78 is 5.37. The molecule has 0 aliphatic rings. The Hall–Kier alpha value is -1.22. The van der Waals surface area contributed by atoms with Crippen LogP contribution in [-0.2, 0) is 19.2 Å². The van der Waals surface area contributed by atoms with Crippen molar-refractivity contribution in [1.82, 2.24) is 16.1 Å². The molecule has 0 heterocycles. The fourth-order valence-electron chi connectivity index (χ4n) is 1.50. The standard InChI is InChI=1S/C13H28N4O4/c1-4-15-12(18)6-5-7-13(19)17-11(3)20-9-8-16-21-10(2)14/h10-11,16H,4-9,14H2,1-3H3,(H,15,18)(H,17,19). The summed E-state index contributed by atoms with van der Waals surface area (Å²) in [5.74, 6) is -0.165. The molecule has 0 bridgehead atoms. The minimum absolute atomic E-state index is 0.0326. The highest BCUT2D eigenvalue weighted by molar-refractivity contribution is 5.78. The number of amides is 2. The molecule has 0 saturated heterocycles. The summed E-state index contributed by atoms with van der Waals surface area (Å²) in [6.07, 6.45) is 0.409. The van der Waals surface area contributed by atoms with Gasteiger partial charge < -0.3 is 21.1 Å². The first-order valence-electron chi connectivity index (χ1n) is 7.27. The van der Waals surface area contributed by atoms with Crippen LogP contribution in [0.2, 0.25) is 0 Å². The Kier molecular flexibility index (Phi) is 11.8. The molecule has 2 amide bonds. The van der Waals surface area contributed by atoms with Crippen molar-refractivity contribution < 1.29 is 19.2 Å². The molecule has 0 aliphatic carbocycles. The minimum atomic E-state index is -0.390. The summed E-state index contributed by atoms with van der Waals surface area (Å²) in [6, 6.07) is 0. The number of hydrogen-bond acceptors (Lipinski definition) is 6. The third-order valence-corrected chi connectivity index (χ3v) is 2.39. The molecule has 0 aromatic rings. The van der Waals surface area contributed by atoms with Crippen molar-refractivity contribution in [2.45, 2.75) is 52.5 Å². The van der Waals surface area contributed by atoms with E-state index in [9.17, 15) is 9.59 Å². The number of carbonyl (C=O) groups excluding carboxylic acids is 2. The van der Waals surface area contributed by atoms with Crippen molar-refractivity contribution in [2.24, 2.45) is 5.73 Å². The molecule has 8 nitrogen and oxygen atoms in total. The lowest BCUT2D eigenvalue weighted by Gasteiger charge is -2.15. The van der Waals surface area contributed by atoms with Crippen molar-refractivity contribution in [1.29, 1.82) is 0 Å². The molecular weight excluding hydrogens is 276 g/mol. The van der Waals surface area contributed by atoms with Gasteiger partial charge >= 0.3 is 0 Å². The molecule has 0 saturated carbocycles. The van der Waals surface area contributed by atoms with E-state index in [1.807, 2.05) is 6.92 Å². The second-order valence-corrected chi connectivity index (χ2v) is 4.60. The molecule has 0 fully saturated rings. The number of hydrogen-bond donors (Lipinski definition) is 4. The first kappa shape index (κ1) is 19.8. The Balaban J connectivity index is 3.54. The molecule has 124 valence electrons. The topological polar surface area (TPSA) is 115 Å². The zero-order valence-corrected chi connectivity index (χ0v) is 13.1. The SMILES string of the molecule is CCNC(=O)CCCC(=O)NC(C)OCCNOC(C)N. The van der Waals surface area contributed by atoms with Crippen LogP contribution in [-0.4, -0.2) is 44.0 Å². The van der Waals surface area contributed by atoms with E-state index in [4.69, 9.17) is 15.3 Å². The average molecular weight is 304 g/mol. The molecule has 2 unspecified atom stereocenters. The Morgan fingerprint density at radius 3 is 2.48 bits per heavy atom. The van der Waals surface area contributed by atoms with E-state index in [0.717, 1.165) is 0 Å². The molecule has 0 radical (unpaired) electrons. The normalized spacial score (nSPS) is 13.5. The van der Waals surface area contributed by atoms with Crippen molar-refractivity contribution in [3.8, 4) is 0 Å². The highest BCUT2D eigenvalue weighted by Crippen LogP contribution is 1.96. The Labute approximate surface area is 126 Å². The van der Waals surface area contributed by atoms with E-state index >= 15 is 0 Å². The molecule has 0 rings (SSSR count). The molecule has 8 heteroatoms. The van der Waals surface area contributed by atoms with Gasteiger partial charge in [0.2, 0.25) is 11.8 Å². The number of hydroxylamine groups is 1. The van der Waals surface area contributed by atoms with Crippen molar-refractivity contribution in [2.75, 3.05) is 19.7 Å². The second-order valence-electron chi connectivity index (χ2n) is 4.60. The predicted molar refractivity (Wildman–Crippen MR) is 78.8 cm³/mol. The third kappa shape index (κ3) is 13.5. The fraction of sp³-hybridized carbons (Fsp3) is 0.846. The monoisotopic (exact) mass is 304 g/mol. The Bertz CT molecular complexity index is 300. The van der Waals surface area contributed by atoms with Crippen molar-refractivity contribution >= 4 is 11.8 Å². The van der Waals surface area contributed by atoms with E-state index in [1.54, 1.807) is 13.8 Å². The third-order valence-electron chi connectivity index (χ3n) is 2.39. The van der Waals surface area contributed by atoms with Gasteiger partial charge in [0.05, 0.1) is 6.61 Å². The average Bonchev–Trinajstić information content (AvgIpc) is 2.38. The van der Waals surface area contributed by atoms with Crippen LogP contribution in [0.5, 0.6) is 0 Å². The highest BCUT2D eigenvalue weighted by atomic mass is 16.7. The zero-order valence-electron chi connectivity index (χ0n) is 13.1. The highest BCUT2D eigenvalue weighted by Gasteiger charge is 2.08. The number of nitrogens with two attached hydrogens (primary N) is 1. The van der Waals surface area contributed by atoms with Crippen molar-refractivity contribution in [3.05, 3.63) is 0 Å². The first-order chi connectivity index (χ1) is 9.95. The second kappa shape index (κ2) is 12.5. The quantitative estimate of drug-likeness (QED) is 0.221. The zero-order chi connectivity index (χ0) is 16.1. The lowest BCUT2D eigenvalue weighted by Crippen LogP contribution is -2.37. The molecule has 0 aromatic carbocycles. The van der Waals surface area contributed by atoms with Gasteiger partial charge in [-0.3, -0.25) is 14.4 Å². The van der Waals surface area contributed by atoms with Crippen LogP contribution in [0.4, 0.5) is 0 Å². The van der Waals surface area contributed by atoms with Gasteiger partial charge in [-0.1, -0.05) is 0 Å². The van der Waals surface area contributed by atoms with Gasteiger partial charge in [-0.05, 0) is 27.2 Å². The van der Waals surface area contributed by atoms with Gasteiger partial charge in [0.15, 0.2) is 0 Å². The van der Waals surface area contributed by atoms with Crippen LogP contribution in [0.1, 0.15) is 40.0 Å². The smallest absolute Gasteiger partial charge is 0.221 e. The number of ether oxygens (including phenoxy) is 1. The largest absolute Gasteiger partial charge is 0.357 e. The minimum Gasteiger partial charge on any atom is -0.357 e. The van der Waals surface area contributed by atoms with Gasteiger partial charge in [0.1, 0.15) is 12.5 Å². The molecule has 0 aliphatic heterocycles. The summed E-state index contributed by atoms with van der Waals surface area (Å²) in [5.41, 5.74) is 8.02. The van der Waals surface area contributed by atoms with Gasteiger partial charge in [0.25, 0.3) is 0 Å². The number of nitrogens with one attached hydrogen (secondary N) is 3. The van der Waals surface area contributed by atoms with Crippen LogP contribution in [0.15, 0.2) is 0 Å². The lowest BCUT2D eigenvalue weighted by molar-refractivity contribution is -0.125. The molecule has 0 spiro atoms. The van der Waals surface area contributed by atoms with Crippen LogP contribution in [0.3, 0.4) is 0 Å². The van der Waals surface area contributed by atoms with Crippen molar-refractivity contribution in [3.63, 3.8) is 0 Å². The van der Waals surface area contributed by atoms with Gasteiger partial charge in [-0.2, -0.15) is 5.48 Å². The maximum atomic E-state index is 11.6. The summed E-state index contributed by atoms with van der Waals surface area (Å²) in [7, 11) is 0. The van der Waals surface area contributed by atoms with E-state index in [1.165, 1.54) is 0 Å². The van der Waals surface area contributed by atoms with Gasteiger partial charge in [-0.15, -0.1) is 0 Å². The van der Waals surface area contributed by atoms with Crippen LogP contribution in [0, 0.1) is 0 Å². The summed E-state index contributed by atoms with van der Waals surface area (Å²) >= 11 is 0. The van der Waals surface area contributed by atoms with Crippen LogP contribution in [0.25, 0.3) is 0 Å². The predicted octanol–water partition coefficient (Wildman–Crippen LogP) is -0.402.